The summed E-state index contributed by atoms with van der Waals surface area (Å²) in [5, 5.41) is 0. The quantitative estimate of drug-likeness (QED) is 0.925. The van der Waals surface area contributed by atoms with Crippen molar-refractivity contribution in [2.45, 2.75) is 12.6 Å². The van der Waals surface area contributed by atoms with Gasteiger partial charge in [0.15, 0.2) is 0 Å². The zero-order chi connectivity index (χ0) is 13.4. The topological polar surface area (TPSA) is 46.3 Å². The highest BCUT2D eigenvalue weighted by atomic mass is 35.5. The third kappa shape index (κ3) is 2.40. The molecule has 0 fully saturated rings. The first kappa shape index (κ1) is 14.5. The Hall–Kier alpha value is -1.91. The number of amides is 1. The molecule has 2 aromatic carbocycles. The fourth-order valence-electron chi connectivity index (χ4n) is 2.35. The number of rotatable bonds is 2. The largest absolute Gasteiger partial charge is 0.316 e. The molecule has 1 heterocycles. The third-order valence-electron chi connectivity index (χ3n) is 3.35. The predicted molar refractivity (Wildman–Crippen MR) is 78.2 cm³/mol. The average Bonchev–Trinajstić information content (AvgIpc) is 2.67. The van der Waals surface area contributed by atoms with Gasteiger partial charge in [-0.1, -0.05) is 30.3 Å². The lowest BCUT2D eigenvalue weighted by Crippen LogP contribution is -2.31. The Balaban J connectivity index is 0.00000147. The Bertz CT molecular complexity index is 630. The predicted octanol–water partition coefficient (Wildman–Crippen LogP) is 2.79. The van der Waals surface area contributed by atoms with E-state index in [1.165, 1.54) is 12.1 Å². The third-order valence-corrected chi connectivity index (χ3v) is 3.35. The molecule has 0 radical (unpaired) electrons. The van der Waals surface area contributed by atoms with Crippen molar-refractivity contribution in [1.29, 1.82) is 0 Å². The van der Waals surface area contributed by atoms with E-state index < -0.39 is 6.04 Å². The fourth-order valence-corrected chi connectivity index (χ4v) is 2.35. The molecular formula is C15H14ClFN2O. The maximum Gasteiger partial charge on any atom is 0.248 e. The van der Waals surface area contributed by atoms with E-state index in [1.54, 1.807) is 17.0 Å². The first-order valence-electron chi connectivity index (χ1n) is 6.07. The summed E-state index contributed by atoms with van der Waals surface area (Å²) in [7, 11) is 0. The summed E-state index contributed by atoms with van der Waals surface area (Å²) in [5.74, 6) is -0.404. The lowest BCUT2D eigenvalue weighted by molar-refractivity contribution is -0.119. The van der Waals surface area contributed by atoms with Crippen molar-refractivity contribution < 1.29 is 9.18 Å². The van der Waals surface area contributed by atoms with Crippen LogP contribution in [0.15, 0.2) is 48.5 Å². The Morgan fingerprint density at radius 3 is 2.45 bits per heavy atom. The van der Waals surface area contributed by atoms with Gasteiger partial charge in [-0.05, 0) is 23.8 Å². The van der Waals surface area contributed by atoms with E-state index in [0.29, 0.717) is 6.54 Å². The standard InChI is InChI=1S/C15H13FN2O.ClH/c16-11-7-5-10(6-8-11)9-18-13-4-2-1-3-12(13)14(17)15(18)19;/h1-8,14H,9,17H2;1H. The van der Waals surface area contributed by atoms with Gasteiger partial charge >= 0.3 is 0 Å². The highest BCUT2D eigenvalue weighted by molar-refractivity contribution is 6.04. The summed E-state index contributed by atoms with van der Waals surface area (Å²) in [5.41, 5.74) is 8.46. The van der Waals surface area contributed by atoms with Crippen LogP contribution in [0.4, 0.5) is 10.1 Å². The SMILES string of the molecule is Cl.NC1C(=O)N(Cc2ccc(F)cc2)c2ccccc21. The molecule has 0 bridgehead atoms. The van der Waals surface area contributed by atoms with Gasteiger partial charge in [-0.15, -0.1) is 12.4 Å². The van der Waals surface area contributed by atoms with Crippen LogP contribution in [0.1, 0.15) is 17.2 Å². The minimum Gasteiger partial charge on any atom is -0.316 e. The van der Waals surface area contributed by atoms with Crippen LogP contribution in [0.25, 0.3) is 0 Å². The van der Waals surface area contributed by atoms with Crippen LogP contribution in [0.3, 0.4) is 0 Å². The zero-order valence-electron chi connectivity index (χ0n) is 10.6. The van der Waals surface area contributed by atoms with Crippen LogP contribution in [0.2, 0.25) is 0 Å². The summed E-state index contributed by atoms with van der Waals surface area (Å²) in [4.78, 5) is 13.8. The van der Waals surface area contributed by atoms with Gasteiger partial charge in [-0.25, -0.2) is 4.39 Å². The maximum atomic E-state index is 12.9. The van der Waals surface area contributed by atoms with E-state index in [1.807, 2.05) is 24.3 Å². The molecule has 104 valence electrons. The van der Waals surface area contributed by atoms with E-state index in [0.717, 1.165) is 16.8 Å². The molecule has 2 N–H and O–H groups in total. The summed E-state index contributed by atoms with van der Waals surface area (Å²) >= 11 is 0. The number of carbonyl (C=O) groups is 1. The minimum absolute atomic E-state index is 0. The van der Waals surface area contributed by atoms with E-state index in [9.17, 15) is 9.18 Å². The van der Waals surface area contributed by atoms with Gasteiger partial charge in [-0.2, -0.15) is 0 Å². The van der Waals surface area contributed by atoms with Crippen molar-refractivity contribution in [3.05, 3.63) is 65.5 Å². The molecule has 3 nitrogen and oxygen atoms in total. The lowest BCUT2D eigenvalue weighted by Gasteiger charge is -2.17. The number of halogens is 2. The van der Waals surface area contributed by atoms with Crippen LogP contribution in [-0.4, -0.2) is 5.91 Å². The van der Waals surface area contributed by atoms with Crippen molar-refractivity contribution in [2.24, 2.45) is 5.73 Å². The Labute approximate surface area is 122 Å². The number of hydrogen-bond donors (Lipinski definition) is 1. The number of benzene rings is 2. The van der Waals surface area contributed by atoms with Crippen LogP contribution in [0, 0.1) is 5.82 Å². The fraction of sp³-hybridized carbons (Fsp3) is 0.133. The van der Waals surface area contributed by atoms with Crippen molar-refractivity contribution in [2.75, 3.05) is 4.90 Å². The van der Waals surface area contributed by atoms with Gasteiger partial charge < -0.3 is 10.6 Å². The van der Waals surface area contributed by atoms with E-state index in [4.69, 9.17) is 5.73 Å². The second kappa shape index (κ2) is 5.61. The number of para-hydroxylation sites is 1. The normalized spacial score (nSPS) is 16.8. The molecule has 0 aliphatic carbocycles. The van der Waals surface area contributed by atoms with Crippen LogP contribution >= 0.6 is 12.4 Å². The monoisotopic (exact) mass is 292 g/mol. The van der Waals surface area contributed by atoms with Gasteiger partial charge in [0.05, 0.1) is 6.54 Å². The molecule has 20 heavy (non-hydrogen) atoms. The number of nitrogens with two attached hydrogens (primary N) is 1. The smallest absolute Gasteiger partial charge is 0.248 e. The number of nitrogens with zero attached hydrogens (tertiary/aromatic N) is 1. The molecule has 5 heteroatoms. The second-order valence-corrected chi connectivity index (χ2v) is 4.59. The molecule has 2 aromatic rings. The van der Waals surface area contributed by atoms with Crippen molar-refractivity contribution in [3.63, 3.8) is 0 Å². The summed E-state index contributed by atoms with van der Waals surface area (Å²) in [6, 6.07) is 13.0. The zero-order valence-corrected chi connectivity index (χ0v) is 11.4. The van der Waals surface area contributed by atoms with Crippen molar-refractivity contribution >= 4 is 24.0 Å². The number of carbonyl (C=O) groups excluding carboxylic acids is 1. The Morgan fingerprint density at radius 2 is 1.75 bits per heavy atom. The lowest BCUT2D eigenvalue weighted by atomic mass is 10.1. The number of fused-ring (bicyclic) bond motifs is 1. The molecule has 0 saturated carbocycles. The summed E-state index contributed by atoms with van der Waals surface area (Å²) in [6.07, 6.45) is 0. The van der Waals surface area contributed by atoms with Crippen LogP contribution in [-0.2, 0) is 11.3 Å². The molecule has 0 spiro atoms. The molecular weight excluding hydrogens is 279 g/mol. The first-order chi connectivity index (χ1) is 9.16. The van der Waals surface area contributed by atoms with Gasteiger partial charge in [0.2, 0.25) is 5.91 Å². The molecule has 1 unspecified atom stereocenters. The van der Waals surface area contributed by atoms with E-state index >= 15 is 0 Å². The van der Waals surface area contributed by atoms with Gasteiger partial charge in [0.25, 0.3) is 0 Å². The van der Waals surface area contributed by atoms with Gasteiger partial charge in [0.1, 0.15) is 11.9 Å². The van der Waals surface area contributed by atoms with Gasteiger partial charge in [0, 0.05) is 11.3 Å². The van der Waals surface area contributed by atoms with Crippen molar-refractivity contribution in [3.8, 4) is 0 Å². The van der Waals surface area contributed by atoms with Gasteiger partial charge in [-0.3, -0.25) is 4.79 Å². The minimum atomic E-state index is -0.600. The van der Waals surface area contributed by atoms with Crippen molar-refractivity contribution in [1.82, 2.24) is 0 Å². The average molecular weight is 293 g/mol. The summed E-state index contributed by atoms with van der Waals surface area (Å²) in [6.45, 7) is 0.407. The highest BCUT2D eigenvalue weighted by Gasteiger charge is 2.34. The second-order valence-electron chi connectivity index (χ2n) is 4.59. The molecule has 1 aliphatic rings. The number of hydrogen-bond acceptors (Lipinski definition) is 2. The molecule has 1 aliphatic heterocycles. The highest BCUT2D eigenvalue weighted by Crippen LogP contribution is 2.35. The van der Waals surface area contributed by atoms with E-state index in [2.05, 4.69) is 0 Å². The van der Waals surface area contributed by atoms with Crippen LogP contribution in [0.5, 0.6) is 0 Å². The van der Waals surface area contributed by atoms with E-state index in [-0.39, 0.29) is 24.1 Å². The maximum absolute atomic E-state index is 12.9. The molecule has 1 atom stereocenters. The number of anilines is 1. The Kier molecular flexibility index (Phi) is 4.06. The Morgan fingerprint density at radius 1 is 1.10 bits per heavy atom. The van der Waals surface area contributed by atoms with Crippen LogP contribution < -0.4 is 10.6 Å². The first-order valence-corrected chi connectivity index (χ1v) is 6.07. The molecule has 0 aromatic heterocycles. The molecule has 0 saturated heterocycles. The summed E-state index contributed by atoms with van der Waals surface area (Å²) < 4.78 is 12.9. The molecule has 1 amide bonds. The molecule has 3 rings (SSSR count).